The lowest BCUT2D eigenvalue weighted by Gasteiger charge is -2.07. The summed E-state index contributed by atoms with van der Waals surface area (Å²) < 4.78 is 12.4. The maximum absolute atomic E-state index is 5.32. The van der Waals surface area contributed by atoms with E-state index in [0.29, 0.717) is 12.4 Å². The van der Waals surface area contributed by atoms with Gasteiger partial charge in [0.2, 0.25) is 0 Å². The van der Waals surface area contributed by atoms with Crippen molar-refractivity contribution in [1.82, 2.24) is 14.4 Å². The molecule has 0 aliphatic rings. The Morgan fingerprint density at radius 2 is 2.24 bits per heavy atom. The standard InChI is InChI=1S/C15H12N4O2/c1-2-12(21-6-1)8-17-14-15-16-4-5-19(15)9-13(18-14)11-3-7-20-10-11/h1-7,9-10H,8H2,(H,17,18). The van der Waals surface area contributed by atoms with E-state index < -0.39 is 0 Å². The van der Waals surface area contributed by atoms with Gasteiger partial charge in [0.05, 0.1) is 31.0 Å². The molecule has 0 atom stereocenters. The molecule has 4 aromatic rings. The van der Waals surface area contributed by atoms with E-state index in [9.17, 15) is 0 Å². The van der Waals surface area contributed by atoms with Gasteiger partial charge >= 0.3 is 0 Å². The van der Waals surface area contributed by atoms with Crippen molar-refractivity contribution in [2.24, 2.45) is 0 Å². The number of hydrogen-bond acceptors (Lipinski definition) is 5. The Labute approximate surface area is 120 Å². The molecule has 104 valence electrons. The molecule has 0 aliphatic carbocycles. The van der Waals surface area contributed by atoms with Crippen LogP contribution in [0.4, 0.5) is 5.82 Å². The molecule has 6 heteroatoms. The van der Waals surface area contributed by atoms with Crippen LogP contribution in [0.25, 0.3) is 16.9 Å². The maximum Gasteiger partial charge on any atom is 0.180 e. The molecule has 0 saturated carbocycles. The van der Waals surface area contributed by atoms with Gasteiger partial charge in [0.1, 0.15) is 5.76 Å². The average molecular weight is 280 g/mol. The highest BCUT2D eigenvalue weighted by atomic mass is 16.3. The van der Waals surface area contributed by atoms with Crippen molar-refractivity contribution in [1.29, 1.82) is 0 Å². The minimum absolute atomic E-state index is 0.553. The van der Waals surface area contributed by atoms with E-state index in [1.54, 1.807) is 25.0 Å². The number of fused-ring (bicyclic) bond motifs is 1. The summed E-state index contributed by atoms with van der Waals surface area (Å²) in [6.45, 7) is 0.553. The molecule has 0 bridgehead atoms. The molecule has 0 amide bonds. The Balaban J connectivity index is 1.73. The van der Waals surface area contributed by atoms with Crippen LogP contribution in [0.1, 0.15) is 5.76 Å². The number of aromatic nitrogens is 3. The fourth-order valence-electron chi connectivity index (χ4n) is 2.18. The van der Waals surface area contributed by atoms with Crippen molar-refractivity contribution in [2.45, 2.75) is 6.54 Å². The first kappa shape index (κ1) is 11.8. The molecule has 0 spiro atoms. The third-order valence-corrected chi connectivity index (χ3v) is 3.20. The van der Waals surface area contributed by atoms with Gasteiger partial charge in [-0.25, -0.2) is 9.97 Å². The monoisotopic (exact) mass is 280 g/mol. The summed E-state index contributed by atoms with van der Waals surface area (Å²) in [5.74, 6) is 1.55. The summed E-state index contributed by atoms with van der Waals surface area (Å²) in [7, 11) is 0. The van der Waals surface area contributed by atoms with Crippen LogP contribution >= 0.6 is 0 Å². The first-order valence-corrected chi connectivity index (χ1v) is 6.53. The van der Waals surface area contributed by atoms with E-state index in [1.165, 1.54) is 0 Å². The molecule has 0 aliphatic heterocycles. The summed E-state index contributed by atoms with van der Waals surface area (Å²) in [4.78, 5) is 8.94. The van der Waals surface area contributed by atoms with Crippen molar-refractivity contribution in [2.75, 3.05) is 5.32 Å². The number of hydrogen-bond donors (Lipinski definition) is 1. The molecule has 4 aromatic heterocycles. The first-order chi connectivity index (χ1) is 10.4. The van der Waals surface area contributed by atoms with E-state index in [4.69, 9.17) is 8.83 Å². The molecule has 4 heterocycles. The molecule has 0 fully saturated rings. The van der Waals surface area contributed by atoms with E-state index in [0.717, 1.165) is 22.7 Å². The second kappa shape index (κ2) is 4.82. The van der Waals surface area contributed by atoms with Gasteiger partial charge in [-0.3, -0.25) is 0 Å². The normalized spacial score (nSPS) is 11.0. The Morgan fingerprint density at radius 3 is 3.05 bits per heavy atom. The number of furan rings is 2. The predicted octanol–water partition coefficient (Wildman–Crippen LogP) is 3.19. The molecule has 1 N–H and O–H groups in total. The Kier molecular flexibility index (Phi) is 2.71. The second-order valence-electron chi connectivity index (χ2n) is 4.58. The molecular formula is C15H12N4O2. The van der Waals surface area contributed by atoms with Crippen LogP contribution in [-0.4, -0.2) is 14.4 Å². The molecule has 6 nitrogen and oxygen atoms in total. The lowest BCUT2D eigenvalue weighted by atomic mass is 10.2. The van der Waals surface area contributed by atoms with Crippen molar-refractivity contribution in [3.05, 3.63) is 61.3 Å². The molecule has 0 radical (unpaired) electrons. The smallest absolute Gasteiger partial charge is 0.180 e. The van der Waals surface area contributed by atoms with Gasteiger partial charge < -0.3 is 18.6 Å². The van der Waals surface area contributed by atoms with Crippen LogP contribution in [0.5, 0.6) is 0 Å². The SMILES string of the molecule is c1coc(CNc2nc(-c3ccoc3)cn3ccnc23)c1. The minimum Gasteiger partial charge on any atom is -0.472 e. The average Bonchev–Trinajstić information content (AvgIpc) is 3.24. The summed E-state index contributed by atoms with van der Waals surface area (Å²) in [5, 5.41) is 3.26. The van der Waals surface area contributed by atoms with Gasteiger partial charge in [0.25, 0.3) is 0 Å². The molecule has 0 aromatic carbocycles. The van der Waals surface area contributed by atoms with Crippen LogP contribution in [0.2, 0.25) is 0 Å². The van der Waals surface area contributed by atoms with E-state index in [-0.39, 0.29) is 0 Å². The number of imidazole rings is 1. The third-order valence-electron chi connectivity index (χ3n) is 3.20. The largest absolute Gasteiger partial charge is 0.472 e. The Morgan fingerprint density at radius 1 is 1.24 bits per heavy atom. The third kappa shape index (κ3) is 2.16. The Hall–Kier alpha value is -3.02. The van der Waals surface area contributed by atoms with Crippen molar-refractivity contribution in [3.63, 3.8) is 0 Å². The fraction of sp³-hybridized carbons (Fsp3) is 0.0667. The van der Waals surface area contributed by atoms with Crippen LogP contribution in [-0.2, 0) is 6.54 Å². The molecule has 0 saturated heterocycles. The number of rotatable bonds is 4. The van der Waals surface area contributed by atoms with Gasteiger partial charge in [-0.15, -0.1) is 0 Å². The number of nitrogens with zero attached hydrogens (tertiary/aromatic N) is 3. The minimum atomic E-state index is 0.553. The lowest BCUT2D eigenvalue weighted by Crippen LogP contribution is -2.04. The Bertz CT molecular complexity index is 847. The van der Waals surface area contributed by atoms with E-state index >= 15 is 0 Å². The van der Waals surface area contributed by atoms with Crippen LogP contribution < -0.4 is 5.32 Å². The summed E-state index contributed by atoms with van der Waals surface area (Å²) in [6.07, 6.45) is 10.5. The van der Waals surface area contributed by atoms with Gasteiger partial charge in [-0.1, -0.05) is 0 Å². The number of nitrogens with one attached hydrogen (secondary N) is 1. The van der Waals surface area contributed by atoms with Crippen LogP contribution in [0.3, 0.4) is 0 Å². The molecule has 0 unspecified atom stereocenters. The lowest BCUT2D eigenvalue weighted by molar-refractivity contribution is 0.518. The van der Waals surface area contributed by atoms with Crippen LogP contribution in [0, 0.1) is 0 Å². The highest BCUT2D eigenvalue weighted by molar-refractivity contribution is 5.68. The van der Waals surface area contributed by atoms with E-state index in [2.05, 4.69) is 15.3 Å². The number of anilines is 1. The molecular weight excluding hydrogens is 268 g/mol. The van der Waals surface area contributed by atoms with Crippen molar-refractivity contribution < 1.29 is 8.83 Å². The highest BCUT2D eigenvalue weighted by Gasteiger charge is 2.10. The second-order valence-corrected chi connectivity index (χ2v) is 4.58. The predicted molar refractivity (Wildman–Crippen MR) is 76.7 cm³/mol. The summed E-state index contributed by atoms with van der Waals surface area (Å²) >= 11 is 0. The van der Waals surface area contributed by atoms with Gasteiger partial charge in [0, 0.05) is 24.2 Å². The van der Waals surface area contributed by atoms with Gasteiger partial charge in [-0.2, -0.15) is 0 Å². The fourth-order valence-corrected chi connectivity index (χ4v) is 2.18. The summed E-state index contributed by atoms with van der Waals surface area (Å²) in [6, 6.07) is 5.65. The van der Waals surface area contributed by atoms with Gasteiger partial charge in [-0.05, 0) is 18.2 Å². The van der Waals surface area contributed by atoms with E-state index in [1.807, 2.05) is 35.0 Å². The quantitative estimate of drug-likeness (QED) is 0.621. The van der Waals surface area contributed by atoms with Crippen molar-refractivity contribution >= 4 is 11.5 Å². The highest BCUT2D eigenvalue weighted by Crippen LogP contribution is 2.22. The first-order valence-electron chi connectivity index (χ1n) is 6.53. The topological polar surface area (TPSA) is 68.5 Å². The van der Waals surface area contributed by atoms with Crippen LogP contribution in [0.15, 0.2) is 64.4 Å². The molecule has 4 rings (SSSR count). The van der Waals surface area contributed by atoms with Gasteiger partial charge in [0.15, 0.2) is 11.5 Å². The zero-order valence-corrected chi connectivity index (χ0v) is 11.1. The maximum atomic E-state index is 5.32. The zero-order chi connectivity index (χ0) is 14.1. The summed E-state index contributed by atoms with van der Waals surface area (Å²) in [5.41, 5.74) is 2.51. The molecule has 21 heavy (non-hydrogen) atoms. The van der Waals surface area contributed by atoms with Crippen molar-refractivity contribution in [3.8, 4) is 11.3 Å². The zero-order valence-electron chi connectivity index (χ0n) is 11.1.